The van der Waals surface area contributed by atoms with E-state index < -0.39 is 10.0 Å². The van der Waals surface area contributed by atoms with E-state index in [9.17, 15) is 8.42 Å². The number of methoxy groups -OCH3 is 2. The van der Waals surface area contributed by atoms with E-state index in [1.807, 2.05) is 36.4 Å². The summed E-state index contributed by atoms with van der Waals surface area (Å²) in [6.07, 6.45) is 0. The predicted octanol–water partition coefficient (Wildman–Crippen LogP) is 1.77. The molecule has 0 fully saturated rings. The molecule has 0 saturated heterocycles. The number of rotatable bonds is 6. The molecule has 0 saturated carbocycles. The summed E-state index contributed by atoms with van der Waals surface area (Å²) >= 11 is 0. The summed E-state index contributed by atoms with van der Waals surface area (Å²) in [5.41, 5.74) is 2.25. The minimum Gasteiger partial charge on any atom is -0.573 e. The van der Waals surface area contributed by atoms with Gasteiger partial charge in [0.15, 0.2) is 11.5 Å². The molecular weight excluding hydrogens is 389 g/mol. The number of ether oxygens (including phenoxy) is 2. The number of hydrogen-bond donors (Lipinski definition) is 0. The van der Waals surface area contributed by atoms with Crippen LogP contribution in [0.1, 0.15) is 0 Å². The molecule has 7 heteroatoms. The van der Waals surface area contributed by atoms with Gasteiger partial charge in [-0.15, -0.1) is 5.69 Å². The first kappa shape index (κ1) is 21.9. The molecule has 0 aliphatic carbocycles. The summed E-state index contributed by atoms with van der Waals surface area (Å²) in [6.45, 7) is 0. The number of nitrogens with zero attached hydrogens (tertiary/aromatic N) is 1. The van der Waals surface area contributed by atoms with Gasteiger partial charge in [-0.1, -0.05) is 54.6 Å². The summed E-state index contributed by atoms with van der Waals surface area (Å²) in [7, 11) is -0.936. The molecule has 27 heavy (non-hydrogen) atoms. The molecule has 0 aliphatic rings. The van der Waals surface area contributed by atoms with Gasteiger partial charge in [0.2, 0.25) is 0 Å². The normalized spacial score (nSPS) is 10.6. The minimum absolute atomic E-state index is 0. The van der Waals surface area contributed by atoms with Gasteiger partial charge in [-0.25, -0.2) is 8.42 Å². The van der Waals surface area contributed by atoms with Crippen LogP contribution in [0, 0.1) is 0 Å². The second kappa shape index (κ2) is 9.72. The van der Waals surface area contributed by atoms with Crippen molar-refractivity contribution < 1.29 is 69.3 Å². The molecule has 0 heterocycles. The zero-order chi connectivity index (χ0) is 18.6. The second-order valence-electron chi connectivity index (χ2n) is 5.50. The molecule has 0 N–H and O–H groups in total. The quantitative estimate of drug-likeness (QED) is 0.584. The standard InChI is InChI=1S/C20H18NO4S.K/c1-24-19-12-11-18(14-20(19)25-2)26(22,23)21-17-10-6-9-16(13-17)15-7-4-3-5-8-15;/h3-14H,1-2H3;/q-1;+1. The third-order valence-electron chi connectivity index (χ3n) is 3.83. The van der Waals surface area contributed by atoms with Crippen LogP contribution in [0.25, 0.3) is 15.8 Å². The third-order valence-corrected chi connectivity index (χ3v) is 5.13. The van der Waals surface area contributed by atoms with Gasteiger partial charge in [0.25, 0.3) is 0 Å². The fraction of sp³-hybridized carbons (Fsp3) is 0.100. The SMILES string of the molecule is COc1ccc(S(=O)(=O)[N-]c2cccc(-c3ccccc3)c2)cc1OC.[K+]. The first-order valence-electron chi connectivity index (χ1n) is 7.89. The van der Waals surface area contributed by atoms with Gasteiger partial charge in [0.05, 0.1) is 19.1 Å². The summed E-state index contributed by atoms with van der Waals surface area (Å²) in [4.78, 5) is 0.0419. The molecule has 0 radical (unpaired) electrons. The minimum atomic E-state index is -3.88. The maximum Gasteiger partial charge on any atom is 1.00 e. The average molecular weight is 408 g/mol. The topological polar surface area (TPSA) is 66.7 Å². The van der Waals surface area contributed by atoms with E-state index in [2.05, 4.69) is 4.72 Å². The Morgan fingerprint density at radius 1 is 0.741 bits per heavy atom. The van der Waals surface area contributed by atoms with Gasteiger partial charge >= 0.3 is 51.4 Å². The van der Waals surface area contributed by atoms with Crippen molar-refractivity contribution in [3.63, 3.8) is 0 Å². The molecule has 0 amide bonds. The van der Waals surface area contributed by atoms with Gasteiger partial charge in [0.1, 0.15) is 10.0 Å². The van der Waals surface area contributed by atoms with Crippen LogP contribution in [0.15, 0.2) is 77.7 Å². The molecule has 3 aromatic carbocycles. The fourth-order valence-corrected chi connectivity index (χ4v) is 3.53. The molecule has 3 aromatic rings. The van der Waals surface area contributed by atoms with Crippen molar-refractivity contribution in [2.24, 2.45) is 0 Å². The molecule has 0 aromatic heterocycles. The first-order chi connectivity index (χ1) is 12.5. The average Bonchev–Trinajstić information content (AvgIpc) is 2.68. The molecule has 134 valence electrons. The van der Waals surface area contributed by atoms with Crippen LogP contribution in [-0.4, -0.2) is 22.6 Å². The van der Waals surface area contributed by atoms with Crippen LogP contribution in [0.4, 0.5) is 5.69 Å². The van der Waals surface area contributed by atoms with Crippen molar-refractivity contribution in [3.8, 4) is 22.6 Å². The van der Waals surface area contributed by atoms with Gasteiger partial charge in [-0.3, -0.25) is 0 Å². The predicted molar refractivity (Wildman–Crippen MR) is 102 cm³/mol. The summed E-state index contributed by atoms with van der Waals surface area (Å²) in [5.74, 6) is 0.791. The van der Waals surface area contributed by atoms with Crippen molar-refractivity contribution >= 4 is 15.7 Å². The van der Waals surface area contributed by atoms with Gasteiger partial charge in [-0.2, -0.15) is 0 Å². The fourth-order valence-electron chi connectivity index (χ4n) is 2.54. The Labute approximate surface area is 202 Å². The molecule has 3 rings (SSSR count). The molecular formula is C20H18KNO4S. The van der Waals surface area contributed by atoms with E-state index in [1.165, 1.54) is 26.4 Å². The van der Waals surface area contributed by atoms with Gasteiger partial charge < -0.3 is 14.2 Å². The smallest absolute Gasteiger partial charge is 0.573 e. The van der Waals surface area contributed by atoms with Crippen molar-refractivity contribution in [1.29, 1.82) is 0 Å². The Bertz CT molecular complexity index is 1010. The third kappa shape index (κ3) is 5.34. The van der Waals surface area contributed by atoms with Crippen molar-refractivity contribution in [1.82, 2.24) is 0 Å². The van der Waals surface area contributed by atoms with E-state index in [-0.39, 0.29) is 56.3 Å². The van der Waals surface area contributed by atoms with E-state index in [0.717, 1.165) is 11.1 Å². The Hall–Kier alpha value is -1.35. The van der Waals surface area contributed by atoms with Crippen LogP contribution in [0.5, 0.6) is 11.5 Å². The van der Waals surface area contributed by atoms with Crippen molar-refractivity contribution in [2.45, 2.75) is 4.90 Å². The Balaban J connectivity index is 0.00000261. The Morgan fingerprint density at radius 2 is 1.41 bits per heavy atom. The first-order valence-corrected chi connectivity index (χ1v) is 9.33. The summed E-state index contributed by atoms with van der Waals surface area (Å²) in [6, 6.07) is 21.2. The van der Waals surface area contributed by atoms with Crippen molar-refractivity contribution in [3.05, 3.63) is 77.5 Å². The van der Waals surface area contributed by atoms with Crippen LogP contribution in [0.2, 0.25) is 0 Å². The molecule has 0 spiro atoms. The van der Waals surface area contributed by atoms with E-state index >= 15 is 0 Å². The number of sulfonamides is 1. The monoisotopic (exact) mass is 407 g/mol. The summed E-state index contributed by atoms with van der Waals surface area (Å²) < 4.78 is 39.6. The Morgan fingerprint density at radius 3 is 2.07 bits per heavy atom. The second-order valence-corrected chi connectivity index (χ2v) is 7.10. The van der Waals surface area contributed by atoms with E-state index in [0.29, 0.717) is 17.2 Å². The molecule has 0 atom stereocenters. The molecule has 0 unspecified atom stereocenters. The van der Waals surface area contributed by atoms with Crippen LogP contribution >= 0.6 is 0 Å². The van der Waals surface area contributed by atoms with Crippen LogP contribution in [-0.2, 0) is 10.0 Å². The van der Waals surface area contributed by atoms with E-state index in [1.54, 1.807) is 24.3 Å². The van der Waals surface area contributed by atoms with Gasteiger partial charge in [-0.05, 0) is 23.3 Å². The van der Waals surface area contributed by atoms with Gasteiger partial charge in [0, 0.05) is 6.07 Å². The number of benzene rings is 3. The van der Waals surface area contributed by atoms with Crippen LogP contribution in [0.3, 0.4) is 0 Å². The Kier molecular flexibility index (Phi) is 7.90. The molecule has 5 nitrogen and oxygen atoms in total. The maximum atomic E-state index is 12.7. The summed E-state index contributed by atoms with van der Waals surface area (Å²) in [5, 5.41) is 0. The zero-order valence-electron chi connectivity index (χ0n) is 15.4. The van der Waals surface area contributed by atoms with E-state index in [4.69, 9.17) is 9.47 Å². The molecule has 0 aliphatic heterocycles. The van der Waals surface area contributed by atoms with Crippen molar-refractivity contribution in [2.75, 3.05) is 14.2 Å². The molecule has 0 bridgehead atoms. The number of hydrogen-bond acceptors (Lipinski definition) is 4. The van der Waals surface area contributed by atoms with Crippen LogP contribution < -0.4 is 60.9 Å². The zero-order valence-corrected chi connectivity index (χ0v) is 19.4. The maximum absolute atomic E-state index is 12.7. The largest absolute Gasteiger partial charge is 1.00 e.